The Morgan fingerprint density at radius 1 is 1.41 bits per heavy atom. The van der Waals surface area contributed by atoms with Crippen LogP contribution in [0, 0.1) is 5.41 Å². The average Bonchev–Trinajstić information content (AvgIpc) is 2.26. The number of benzene rings is 1. The van der Waals surface area contributed by atoms with Gasteiger partial charge in [-0.05, 0) is 30.5 Å². The summed E-state index contributed by atoms with van der Waals surface area (Å²) >= 11 is 0. The summed E-state index contributed by atoms with van der Waals surface area (Å²) in [6.07, 6.45) is 0. The van der Waals surface area contributed by atoms with Crippen LogP contribution in [0.1, 0.15) is 38.1 Å². The number of carbonyl (C=O) groups excluding carboxylic acids is 1. The highest BCUT2D eigenvalue weighted by Gasteiger charge is 2.29. The van der Waals surface area contributed by atoms with Gasteiger partial charge in [0.25, 0.3) is 0 Å². The Hall–Kier alpha value is -1.51. The normalized spacial score (nSPS) is 18.9. The molecule has 0 amide bonds. The second kappa shape index (κ2) is 4.06. The molecule has 17 heavy (non-hydrogen) atoms. The smallest absolute Gasteiger partial charge is 0.159 e. The van der Waals surface area contributed by atoms with E-state index in [9.17, 15) is 4.79 Å². The maximum absolute atomic E-state index is 11.3. The highest BCUT2D eigenvalue weighted by Crippen LogP contribution is 2.34. The van der Waals surface area contributed by atoms with E-state index < -0.39 is 0 Å². The fourth-order valence-corrected chi connectivity index (χ4v) is 1.86. The summed E-state index contributed by atoms with van der Waals surface area (Å²) in [7, 11) is 0. The van der Waals surface area contributed by atoms with Crippen LogP contribution in [0.5, 0.6) is 5.75 Å². The van der Waals surface area contributed by atoms with Crippen LogP contribution < -0.4 is 10.1 Å². The molecule has 1 unspecified atom stereocenters. The highest BCUT2D eigenvalue weighted by molar-refractivity contribution is 5.95. The molecule has 0 radical (unpaired) electrons. The van der Waals surface area contributed by atoms with Gasteiger partial charge in [0.2, 0.25) is 0 Å². The molecule has 0 spiro atoms. The number of rotatable bonds is 1. The minimum Gasteiger partial charge on any atom is -0.489 e. The van der Waals surface area contributed by atoms with E-state index >= 15 is 0 Å². The molecule has 0 aromatic heterocycles. The molecule has 2 rings (SSSR count). The molecular formula is C14H19NO2. The van der Waals surface area contributed by atoms with E-state index in [0.717, 1.165) is 17.0 Å². The number of hydrogen-bond donors (Lipinski definition) is 1. The number of anilines is 1. The molecule has 3 heteroatoms. The van der Waals surface area contributed by atoms with Crippen molar-refractivity contribution in [3.63, 3.8) is 0 Å². The fourth-order valence-electron chi connectivity index (χ4n) is 1.86. The van der Waals surface area contributed by atoms with Crippen molar-refractivity contribution < 1.29 is 9.53 Å². The summed E-state index contributed by atoms with van der Waals surface area (Å²) in [6, 6.07) is 5.80. The highest BCUT2D eigenvalue weighted by atomic mass is 16.5. The van der Waals surface area contributed by atoms with Crippen LogP contribution in [-0.2, 0) is 0 Å². The first-order valence-electron chi connectivity index (χ1n) is 5.92. The lowest BCUT2D eigenvalue weighted by Crippen LogP contribution is -2.41. The summed E-state index contributed by atoms with van der Waals surface area (Å²) in [5.41, 5.74) is 1.77. The number of nitrogens with one attached hydrogen (secondary N) is 1. The molecule has 0 fully saturated rings. The number of fused-ring (bicyclic) bond motifs is 1. The summed E-state index contributed by atoms with van der Waals surface area (Å²) < 4.78 is 5.72. The molecule has 1 aliphatic rings. The van der Waals surface area contributed by atoms with E-state index in [1.54, 1.807) is 13.0 Å². The molecular weight excluding hydrogens is 214 g/mol. The molecule has 1 aromatic rings. The number of Topliss-reactive ketones (excluding diaryl/α,β-unsaturated/α-hetero) is 1. The predicted octanol–water partition coefficient (Wildman–Crippen LogP) is 3.11. The van der Waals surface area contributed by atoms with Gasteiger partial charge in [-0.2, -0.15) is 0 Å². The molecule has 3 nitrogen and oxygen atoms in total. The second-order valence-corrected chi connectivity index (χ2v) is 5.64. The van der Waals surface area contributed by atoms with Gasteiger partial charge in [-0.3, -0.25) is 4.79 Å². The van der Waals surface area contributed by atoms with Crippen molar-refractivity contribution in [3.05, 3.63) is 23.8 Å². The maximum atomic E-state index is 11.3. The number of carbonyl (C=O) groups is 1. The van der Waals surface area contributed by atoms with E-state index in [2.05, 4.69) is 26.1 Å². The zero-order valence-corrected chi connectivity index (χ0v) is 10.8. The molecule has 0 saturated carbocycles. The lowest BCUT2D eigenvalue weighted by Gasteiger charge is -2.36. The largest absolute Gasteiger partial charge is 0.489 e. The second-order valence-electron chi connectivity index (χ2n) is 5.64. The van der Waals surface area contributed by atoms with Gasteiger partial charge in [0.05, 0.1) is 11.7 Å². The van der Waals surface area contributed by atoms with Crippen molar-refractivity contribution in [3.8, 4) is 5.75 Å². The third-order valence-electron chi connectivity index (χ3n) is 3.17. The number of ketones is 1. The topological polar surface area (TPSA) is 38.3 Å². The molecule has 1 aliphatic heterocycles. The average molecular weight is 233 g/mol. The van der Waals surface area contributed by atoms with Crippen molar-refractivity contribution in [2.45, 2.75) is 33.7 Å². The lowest BCUT2D eigenvalue weighted by atomic mass is 9.86. The molecule has 1 aromatic carbocycles. The van der Waals surface area contributed by atoms with Gasteiger partial charge in [-0.15, -0.1) is 0 Å². The van der Waals surface area contributed by atoms with E-state index in [1.807, 2.05) is 12.1 Å². The first-order chi connectivity index (χ1) is 7.88. The van der Waals surface area contributed by atoms with Crippen molar-refractivity contribution in [2.75, 3.05) is 11.9 Å². The van der Waals surface area contributed by atoms with Gasteiger partial charge in [0.1, 0.15) is 12.4 Å². The van der Waals surface area contributed by atoms with Gasteiger partial charge in [-0.1, -0.05) is 20.8 Å². The Morgan fingerprint density at radius 3 is 2.71 bits per heavy atom. The molecule has 1 atom stereocenters. The summed E-state index contributed by atoms with van der Waals surface area (Å²) in [5, 5.41) is 3.45. The molecule has 1 heterocycles. The van der Waals surface area contributed by atoms with E-state index in [1.165, 1.54) is 0 Å². The van der Waals surface area contributed by atoms with Crippen LogP contribution in [0.3, 0.4) is 0 Å². The fraction of sp³-hybridized carbons (Fsp3) is 0.500. The van der Waals surface area contributed by atoms with Crippen LogP contribution in [0.25, 0.3) is 0 Å². The van der Waals surface area contributed by atoms with Crippen molar-refractivity contribution in [1.29, 1.82) is 0 Å². The predicted molar refractivity (Wildman–Crippen MR) is 68.8 cm³/mol. The van der Waals surface area contributed by atoms with E-state index in [-0.39, 0.29) is 17.2 Å². The minimum atomic E-state index is 0.0764. The molecule has 0 saturated heterocycles. The van der Waals surface area contributed by atoms with Crippen molar-refractivity contribution in [1.82, 2.24) is 0 Å². The Kier molecular flexibility index (Phi) is 2.86. The monoisotopic (exact) mass is 233 g/mol. The van der Waals surface area contributed by atoms with Gasteiger partial charge < -0.3 is 10.1 Å². The molecule has 0 bridgehead atoms. The Bertz CT molecular complexity index is 446. The summed E-state index contributed by atoms with van der Waals surface area (Å²) in [4.78, 5) is 11.3. The molecule has 92 valence electrons. The van der Waals surface area contributed by atoms with E-state index in [0.29, 0.717) is 6.61 Å². The van der Waals surface area contributed by atoms with Gasteiger partial charge >= 0.3 is 0 Å². The third kappa shape index (κ3) is 2.43. The molecule has 0 aliphatic carbocycles. The summed E-state index contributed by atoms with van der Waals surface area (Å²) in [5.74, 6) is 0.906. The first-order valence-corrected chi connectivity index (χ1v) is 5.92. The van der Waals surface area contributed by atoms with Crippen LogP contribution in [0.15, 0.2) is 18.2 Å². The Balaban J connectivity index is 2.30. The first kappa shape index (κ1) is 12.0. The van der Waals surface area contributed by atoms with Crippen LogP contribution in [-0.4, -0.2) is 18.4 Å². The minimum absolute atomic E-state index is 0.0764. The lowest BCUT2D eigenvalue weighted by molar-refractivity contribution is 0.101. The van der Waals surface area contributed by atoms with E-state index in [4.69, 9.17) is 4.74 Å². The van der Waals surface area contributed by atoms with Crippen LogP contribution in [0.2, 0.25) is 0 Å². The number of ether oxygens (including phenoxy) is 1. The number of hydrogen-bond acceptors (Lipinski definition) is 3. The van der Waals surface area contributed by atoms with Crippen molar-refractivity contribution >= 4 is 11.5 Å². The standard InChI is InChI=1S/C14H19NO2/c1-9(16)10-5-6-12-11(7-10)15-13(8-17-12)14(2,3)4/h5-7,13,15H,8H2,1-4H3. The maximum Gasteiger partial charge on any atom is 0.159 e. The Labute approximate surface area is 102 Å². The van der Waals surface area contributed by atoms with Crippen LogP contribution in [0.4, 0.5) is 5.69 Å². The van der Waals surface area contributed by atoms with Gasteiger partial charge in [-0.25, -0.2) is 0 Å². The van der Waals surface area contributed by atoms with Crippen LogP contribution >= 0.6 is 0 Å². The molecule has 1 N–H and O–H groups in total. The van der Waals surface area contributed by atoms with Gasteiger partial charge in [0, 0.05) is 5.56 Å². The van der Waals surface area contributed by atoms with Gasteiger partial charge in [0.15, 0.2) is 5.78 Å². The SMILES string of the molecule is CC(=O)c1ccc2c(c1)NC(C(C)(C)C)CO2. The zero-order valence-electron chi connectivity index (χ0n) is 10.8. The van der Waals surface area contributed by atoms with Crippen molar-refractivity contribution in [2.24, 2.45) is 5.41 Å². The zero-order chi connectivity index (χ0) is 12.6. The summed E-state index contributed by atoms with van der Waals surface area (Å²) in [6.45, 7) is 8.76. The third-order valence-corrected chi connectivity index (χ3v) is 3.17. The quantitative estimate of drug-likeness (QED) is 0.757. The Morgan fingerprint density at radius 2 is 2.12 bits per heavy atom.